The molecule has 2 rings (SSSR count). The summed E-state index contributed by atoms with van der Waals surface area (Å²) in [5.41, 5.74) is 0. The highest BCUT2D eigenvalue weighted by molar-refractivity contribution is 9.10. The molecule has 0 unspecified atom stereocenters. The normalized spacial score (nSPS) is 18.6. The van der Waals surface area contributed by atoms with Crippen LogP contribution in [0.25, 0.3) is 0 Å². The van der Waals surface area contributed by atoms with E-state index >= 15 is 0 Å². The smallest absolute Gasteiger partial charge is 0.148 e. The molecule has 0 saturated carbocycles. The Morgan fingerprint density at radius 3 is 2.79 bits per heavy atom. The standard InChI is InChI=1S/C8H13BrN4O/c9-8-7-10-13(11-8)2-1-12-3-5-14-6-4-12/h7H,1-6H2. The topological polar surface area (TPSA) is 43.2 Å². The van der Waals surface area contributed by atoms with Crippen molar-refractivity contribution in [2.24, 2.45) is 0 Å². The minimum Gasteiger partial charge on any atom is -0.379 e. The van der Waals surface area contributed by atoms with E-state index in [2.05, 4.69) is 31.0 Å². The van der Waals surface area contributed by atoms with E-state index in [9.17, 15) is 0 Å². The summed E-state index contributed by atoms with van der Waals surface area (Å²) in [6, 6.07) is 0. The van der Waals surface area contributed by atoms with Crippen LogP contribution >= 0.6 is 15.9 Å². The van der Waals surface area contributed by atoms with Gasteiger partial charge in [0.05, 0.1) is 26.0 Å². The molecule has 0 aromatic carbocycles. The molecule has 14 heavy (non-hydrogen) atoms. The van der Waals surface area contributed by atoms with E-state index in [0.29, 0.717) is 0 Å². The number of nitrogens with zero attached hydrogens (tertiary/aromatic N) is 4. The van der Waals surface area contributed by atoms with Crippen LogP contribution in [0.2, 0.25) is 0 Å². The molecule has 5 nitrogen and oxygen atoms in total. The highest BCUT2D eigenvalue weighted by atomic mass is 79.9. The number of ether oxygens (including phenoxy) is 1. The number of halogens is 1. The van der Waals surface area contributed by atoms with Crippen molar-refractivity contribution in [1.82, 2.24) is 19.9 Å². The Morgan fingerprint density at radius 1 is 1.36 bits per heavy atom. The van der Waals surface area contributed by atoms with Gasteiger partial charge in [-0.3, -0.25) is 4.90 Å². The second-order valence-corrected chi connectivity index (χ2v) is 4.03. The number of morpholine rings is 1. The predicted molar refractivity (Wildman–Crippen MR) is 55.0 cm³/mol. The van der Waals surface area contributed by atoms with Crippen LogP contribution in [0, 0.1) is 0 Å². The van der Waals surface area contributed by atoms with Gasteiger partial charge in [-0.1, -0.05) is 0 Å². The van der Waals surface area contributed by atoms with Gasteiger partial charge in [-0.2, -0.15) is 9.90 Å². The average Bonchev–Trinajstić information content (AvgIpc) is 2.63. The van der Waals surface area contributed by atoms with Gasteiger partial charge < -0.3 is 4.74 Å². The first-order valence-corrected chi connectivity index (χ1v) is 5.49. The molecule has 0 aliphatic carbocycles. The van der Waals surface area contributed by atoms with Gasteiger partial charge in [-0.25, -0.2) is 0 Å². The van der Waals surface area contributed by atoms with Gasteiger partial charge >= 0.3 is 0 Å². The van der Waals surface area contributed by atoms with E-state index in [-0.39, 0.29) is 0 Å². The van der Waals surface area contributed by atoms with Gasteiger partial charge in [0.25, 0.3) is 0 Å². The highest BCUT2D eigenvalue weighted by Crippen LogP contribution is 2.01. The van der Waals surface area contributed by atoms with Gasteiger partial charge in [0.1, 0.15) is 4.60 Å². The van der Waals surface area contributed by atoms with Crippen molar-refractivity contribution >= 4 is 15.9 Å². The lowest BCUT2D eigenvalue weighted by molar-refractivity contribution is 0.0354. The summed E-state index contributed by atoms with van der Waals surface area (Å²) >= 11 is 3.27. The summed E-state index contributed by atoms with van der Waals surface area (Å²) in [6.07, 6.45) is 1.71. The average molecular weight is 261 g/mol. The van der Waals surface area contributed by atoms with Gasteiger partial charge in [-0.05, 0) is 15.9 Å². The lowest BCUT2D eigenvalue weighted by atomic mass is 10.4. The zero-order valence-corrected chi connectivity index (χ0v) is 9.48. The summed E-state index contributed by atoms with van der Waals surface area (Å²) in [4.78, 5) is 4.07. The van der Waals surface area contributed by atoms with Crippen LogP contribution in [0.15, 0.2) is 10.8 Å². The number of hydrogen-bond acceptors (Lipinski definition) is 4. The predicted octanol–water partition coefficient (Wildman–Crippen LogP) is 0.373. The number of aromatic nitrogens is 3. The second-order valence-electron chi connectivity index (χ2n) is 3.22. The van der Waals surface area contributed by atoms with Crippen molar-refractivity contribution in [1.29, 1.82) is 0 Å². The van der Waals surface area contributed by atoms with Crippen molar-refractivity contribution in [2.45, 2.75) is 6.54 Å². The zero-order chi connectivity index (χ0) is 9.80. The molecule has 0 atom stereocenters. The van der Waals surface area contributed by atoms with Crippen molar-refractivity contribution in [3.05, 3.63) is 10.8 Å². The molecule has 1 aromatic rings. The van der Waals surface area contributed by atoms with Gasteiger partial charge in [0.2, 0.25) is 0 Å². The van der Waals surface area contributed by atoms with Crippen molar-refractivity contribution in [2.75, 3.05) is 32.8 Å². The number of hydrogen-bond donors (Lipinski definition) is 0. The Hall–Kier alpha value is -0.460. The minimum absolute atomic E-state index is 0.791. The van der Waals surface area contributed by atoms with Crippen LogP contribution in [-0.4, -0.2) is 52.7 Å². The minimum atomic E-state index is 0.791. The molecule has 2 heterocycles. The fraction of sp³-hybridized carbons (Fsp3) is 0.750. The molecule has 0 radical (unpaired) electrons. The summed E-state index contributed by atoms with van der Waals surface area (Å²) in [6.45, 7) is 5.55. The number of rotatable bonds is 3. The summed E-state index contributed by atoms with van der Waals surface area (Å²) in [7, 11) is 0. The fourth-order valence-corrected chi connectivity index (χ4v) is 1.71. The third kappa shape index (κ3) is 2.76. The first kappa shape index (κ1) is 10.1. The third-order valence-corrected chi connectivity index (χ3v) is 2.59. The maximum absolute atomic E-state index is 5.27. The molecular weight excluding hydrogens is 248 g/mol. The molecule has 0 N–H and O–H groups in total. The molecule has 0 amide bonds. The Morgan fingerprint density at radius 2 is 2.14 bits per heavy atom. The van der Waals surface area contributed by atoms with E-state index in [1.165, 1.54) is 0 Å². The van der Waals surface area contributed by atoms with E-state index < -0.39 is 0 Å². The van der Waals surface area contributed by atoms with Crippen LogP contribution in [0.5, 0.6) is 0 Å². The van der Waals surface area contributed by atoms with E-state index in [4.69, 9.17) is 4.74 Å². The van der Waals surface area contributed by atoms with Gasteiger partial charge in [-0.15, -0.1) is 5.10 Å². The molecule has 0 bridgehead atoms. The first-order chi connectivity index (χ1) is 6.84. The van der Waals surface area contributed by atoms with Crippen molar-refractivity contribution < 1.29 is 4.74 Å². The Kier molecular flexibility index (Phi) is 3.49. The van der Waals surface area contributed by atoms with Crippen LogP contribution in [0.3, 0.4) is 0 Å². The third-order valence-electron chi connectivity index (χ3n) is 2.23. The van der Waals surface area contributed by atoms with Crippen LogP contribution in [0.1, 0.15) is 0 Å². The van der Waals surface area contributed by atoms with E-state index in [1.807, 2.05) is 0 Å². The molecular formula is C8H13BrN4O. The summed E-state index contributed by atoms with van der Waals surface area (Å²) < 4.78 is 6.06. The quantitative estimate of drug-likeness (QED) is 0.788. The molecule has 1 aliphatic heterocycles. The zero-order valence-electron chi connectivity index (χ0n) is 7.90. The monoisotopic (exact) mass is 260 g/mol. The Bertz CT molecular complexity index is 285. The largest absolute Gasteiger partial charge is 0.379 e. The molecule has 0 spiro atoms. The van der Waals surface area contributed by atoms with Crippen LogP contribution in [-0.2, 0) is 11.3 Å². The lowest BCUT2D eigenvalue weighted by Crippen LogP contribution is -2.38. The lowest BCUT2D eigenvalue weighted by Gasteiger charge is -2.26. The summed E-state index contributed by atoms with van der Waals surface area (Å²) in [5.74, 6) is 0. The summed E-state index contributed by atoms with van der Waals surface area (Å²) in [5, 5.41) is 8.26. The van der Waals surface area contributed by atoms with Crippen molar-refractivity contribution in [3.8, 4) is 0 Å². The SMILES string of the molecule is Brc1cnn(CCN2CCOCC2)n1. The second kappa shape index (κ2) is 4.86. The Labute approximate surface area is 91.2 Å². The first-order valence-electron chi connectivity index (χ1n) is 4.70. The molecule has 1 aromatic heterocycles. The molecule has 1 aliphatic rings. The van der Waals surface area contributed by atoms with Crippen LogP contribution in [0.4, 0.5) is 0 Å². The molecule has 6 heteroatoms. The van der Waals surface area contributed by atoms with Crippen molar-refractivity contribution in [3.63, 3.8) is 0 Å². The molecule has 1 fully saturated rings. The molecule has 1 saturated heterocycles. The maximum atomic E-state index is 5.27. The highest BCUT2D eigenvalue weighted by Gasteiger charge is 2.10. The fourth-order valence-electron chi connectivity index (χ4n) is 1.44. The van der Waals surface area contributed by atoms with E-state index in [1.54, 1.807) is 11.0 Å². The van der Waals surface area contributed by atoms with E-state index in [0.717, 1.165) is 44.0 Å². The van der Waals surface area contributed by atoms with Gasteiger partial charge in [0, 0.05) is 19.6 Å². The molecule has 78 valence electrons. The van der Waals surface area contributed by atoms with Gasteiger partial charge in [0.15, 0.2) is 0 Å². The van der Waals surface area contributed by atoms with Crippen LogP contribution < -0.4 is 0 Å². The maximum Gasteiger partial charge on any atom is 0.148 e. The Balaban J connectivity index is 1.76.